The molecule has 2 N–H and O–H groups in total. The van der Waals surface area contributed by atoms with Crippen LogP contribution in [0.5, 0.6) is 0 Å². The van der Waals surface area contributed by atoms with Gasteiger partial charge >= 0.3 is 6.18 Å². The summed E-state index contributed by atoms with van der Waals surface area (Å²) >= 11 is 6.01. The second-order valence-electron chi connectivity index (χ2n) is 5.29. The standard InChI is InChI=1S/C17H13ClF3N3/c1-10-13(17(19,20)21)6-3-7-14(10)24-15(9-23-16(24)22)11-4-2-5-12(18)8-11/h2-9H,1H3,(H2,22,23). The monoisotopic (exact) mass is 351 g/mol. The third kappa shape index (κ3) is 2.85. The van der Waals surface area contributed by atoms with E-state index in [4.69, 9.17) is 17.3 Å². The van der Waals surface area contributed by atoms with Crippen molar-refractivity contribution in [2.75, 3.05) is 5.73 Å². The number of nitrogens with two attached hydrogens (primary N) is 1. The van der Waals surface area contributed by atoms with Crippen molar-refractivity contribution in [3.05, 3.63) is 64.8 Å². The van der Waals surface area contributed by atoms with E-state index in [9.17, 15) is 13.2 Å². The number of hydrogen-bond acceptors (Lipinski definition) is 2. The fourth-order valence-corrected chi connectivity index (χ4v) is 2.83. The molecule has 1 aromatic heterocycles. The normalized spacial score (nSPS) is 11.7. The van der Waals surface area contributed by atoms with E-state index in [1.807, 2.05) is 0 Å². The number of aromatic nitrogens is 2. The van der Waals surface area contributed by atoms with Crippen molar-refractivity contribution < 1.29 is 13.2 Å². The van der Waals surface area contributed by atoms with Gasteiger partial charge < -0.3 is 5.73 Å². The Hall–Kier alpha value is -2.47. The van der Waals surface area contributed by atoms with Crippen LogP contribution in [-0.4, -0.2) is 9.55 Å². The van der Waals surface area contributed by atoms with Crippen molar-refractivity contribution >= 4 is 17.5 Å². The Labute approximate surface area is 141 Å². The zero-order chi connectivity index (χ0) is 17.5. The maximum atomic E-state index is 13.2. The lowest BCUT2D eigenvalue weighted by Gasteiger charge is -2.17. The minimum absolute atomic E-state index is 0.0815. The zero-order valence-electron chi connectivity index (χ0n) is 12.6. The Morgan fingerprint density at radius 1 is 1.12 bits per heavy atom. The Balaban J connectivity index is 2.24. The van der Waals surface area contributed by atoms with Crippen molar-refractivity contribution in [2.45, 2.75) is 13.1 Å². The number of hydrogen-bond donors (Lipinski definition) is 1. The van der Waals surface area contributed by atoms with Crippen LogP contribution in [0, 0.1) is 6.92 Å². The van der Waals surface area contributed by atoms with Crippen molar-refractivity contribution in [3.63, 3.8) is 0 Å². The number of nitrogen functional groups attached to an aromatic ring is 1. The lowest BCUT2D eigenvalue weighted by Crippen LogP contribution is -2.11. The molecule has 0 amide bonds. The number of nitrogens with zero attached hydrogens (tertiary/aromatic N) is 2. The summed E-state index contributed by atoms with van der Waals surface area (Å²) in [5, 5.41) is 0.514. The summed E-state index contributed by atoms with van der Waals surface area (Å²) in [6.45, 7) is 1.42. The second kappa shape index (κ2) is 5.87. The van der Waals surface area contributed by atoms with Crippen LogP contribution in [0.25, 0.3) is 16.9 Å². The molecule has 0 aliphatic heterocycles. The summed E-state index contributed by atoms with van der Waals surface area (Å²) < 4.78 is 41.0. The van der Waals surface area contributed by atoms with Gasteiger partial charge in [0.25, 0.3) is 0 Å². The molecule has 0 radical (unpaired) electrons. The second-order valence-corrected chi connectivity index (χ2v) is 5.73. The van der Waals surface area contributed by atoms with Crippen LogP contribution in [0.2, 0.25) is 5.02 Å². The highest BCUT2D eigenvalue weighted by atomic mass is 35.5. The smallest absolute Gasteiger partial charge is 0.369 e. The van der Waals surface area contributed by atoms with Crippen LogP contribution < -0.4 is 5.73 Å². The molecule has 2 aromatic carbocycles. The Kier molecular flexibility index (Phi) is 4.01. The van der Waals surface area contributed by atoms with E-state index in [0.29, 0.717) is 22.0 Å². The molecule has 24 heavy (non-hydrogen) atoms. The van der Waals surface area contributed by atoms with Crippen molar-refractivity contribution in [1.29, 1.82) is 0 Å². The SMILES string of the molecule is Cc1c(-n2c(-c3cccc(Cl)c3)cnc2N)cccc1C(F)(F)F. The maximum Gasteiger partial charge on any atom is 0.416 e. The third-order valence-electron chi connectivity index (χ3n) is 3.76. The molecule has 1 heterocycles. The summed E-state index contributed by atoms with van der Waals surface area (Å²) in [4.78, 5) is 4.05. The first-order chi connectivity index (χ1) is 11.3. The first-order valence-corrected chi connectivity index (χ1v) is 7.43. The molecule has 7 heteroatoms. The van der Waals surface area contributed by atoms with Gasteiger partial charge in [0.1, 0.15) is 0 Å². The number of rotatable bonds is 2. The van der Waals surface area contributed by atoms with E-state index in [0.717, 1.165) is 6.07 Å². The molecular weight excluding hydrogens is 339 g/mol. The highest BCUT2D eigenvalue weighted by Crippen LogP contribution is 2.36. The molecular formula is C17H13ClF3N3. The van der Waals surface area contributed by atoms with Crippen LogP contribution in [-0.2, 0) is 6.18 Å². The van der Waals surface area contributed by atoms with Gasteiger partial charge in [0.15, 0.2) is 0 Å². The lowest BCUT2D eigenvalue weighted by molar-refractivity contribution is -0.138. The zero-order valence-corrected chi connectivity index (χ0v) is 13.4. The lowest BCUT2D eigenvalue weighted by atomic mass is 10.1. The molecule has 0 saturated heterocycles. The molecule has 0 fully saturated rings. The molecule has 3 nitrogen and oxygen atoms in total. The Bertz CT molecular complexity index is 900. The van der Waals surface area contributed by atoms with Gasteiger partial charge in [-0.15, -0.1) is 0 Å². The summed E-state index contributed by atoms with van der Waals surface area (Å²) in [5.41, 5.74) is 6.90. The van der Waals surface area contributed by atoms with Gasteiger partial charge in [-0.25, -0.2) is 4.98 Å². The molecule has 0 bridgehead atoms. The van der Waals surface area contributed by atoms with E-state index >= 15 is 0 Å². The van der Waals surface area contributed by atoms with Crippen LogP contribution in [0.15, 0.2) is 48.7 Å². The van der Waals surface area contributed by atoms with Crippen LogP contribution in [0.4, 0.5) is 19.1 Å². The quantitative estimate of drug-likeness (QED) is 0.697. The molecule has 0 aliphatic carbocycles. The summed E-state index contributed by atoms with van der Waals surface area (Å²) in [5.74, 6) is 0.104. The highest BCUT2D eigenvalue weighted by molar-refractivity contribution is 6.30. The number of anilines is 1. The molecule has 0 spiro atoms. The Morgan fingerprint density at radius 2 is 1.83 bits per heavy atom. The van der Waals surface area contributed by atoms with Gasteiger partial charge in [0.2, 0.25) is 5.95 Å². The first kappa shape index (κ1) is 16.4. The van der Waals surface area contributed by atoms with Gasteiger partial charge in [-0.2, -0.15) is 13.2 Å². The number of benzene rings is 2. The molecule has 0 saturated carbocycles. The molecule has 0 aliphatic rings. The Morgan fingerprint density at radius 3 is 2.50 bits per heavy atom. The van der Waals surface area contributed by atoms with Crippen LogP contribution in [0.1, 0.15) is 11.1 Å². The highest BCUT2D eigenvalue weighted by Gasteiger charge is 2.33. The minimum atomic E-state index is -4.44. The molecule has 124 valence electrons. The van der Waals surface area contributed by atoms with Crippen LogP contribution >= 0.6 is 11.6 Å². The summed E-state index contributed by atoms with van der Waals surface area (Å²) in [7, 11) is 0. The number of imidazole rings is 1. The number of halogens is 4. The first-order valence-electron chi connectivity index (χ1n) is 7.05. The fraction of sp³-hybridized carbons (Fsp3) is 0.118. The number of alkyl halides is 3. The van der Waals surface area contributed by atoms with E-state index < -0.39 is 11.7 Å². The maximum absolute atomic E-state index is 13.2. The van der Waals surface area contributed by atoms with E-state index in [1.165, 1.54) is 23.8 Å². The minimum Gasteiger partial charge on any atom is -0.369 e. The topological polar surface area (TPSA) is 43.8 Å². The summed E-state index contributed by atoms with van der Waals surface area (Å²) in [6.07, 6.45) is -2.92. The van der Waals surface area contributed by atoms with Crippen molar-refractivity contribution in [1.82, 2.24) is 9.55 Å². The molecule has 0 unspecified atom stereocenters. The van der Waals surface area contributed by atoms with Crippen LogP contribution in [0.3, 0.4) is 0 Å². The largest absolute Gasteiger partial charge is 0.416 e. The van der Waals surface area contributed by atoms with E-state index in [-0.39, 0.29) is 11.5 Å². The third-order valence-corrected chi connectivity index (χ3v) is 4.00. The molecule has 0 atom stereocenters. The van der Waals surface area contributed by atoms with Gasteiger partial charge in [0, 0.05) is 10.6 Å². The fourth-order valence-electron chi connectivity index (χ4n) is 2.64. The van der Waals surface area contributed by atoms with Crippen molar-refractivity contribution in [2.24, 2.45) is 0 Å². The predicted molar refractivity (Wildman–Crippen MR) is 88.2 cm³/mol. The predicted octanol–water partition coefficient (Wildman–Crippen LogP) is 5.10. The van der Waals surface area contributed by atoms with E-state index in [1.54, 1.807) is 30.3 Å². The average molecular weight is 352 g/mol. The van der Waals surface area contributed by atoms with E-state index in [2.05, 4.69) is 4.98 Å². The summed E-state index contributed by atoms with van der Waals surface area (Å²) in [6, 6.07) is 10.9. The van der Waals surface area contributed by atoms with Gasteiger partial charge in [-0.1, -0.05) is 29.8 Å². The van der Waals surface area contributed by atoms with Gasteiger partial charge in [0.05, 0.1) is 23.1 Å². The molecule has 3 aromatic rings. The molecule has 3 rings (SSSR count). The van der Waals surface area contributed by atoms with Gasteiger partial charge in [-0.3, -0.25) is 4.57 Å². The van der Waals surface area contributed by atoms with Gasteiger partial charge in [-0.05, 0) is 36.8 Å². The average Bonchev–Trinajstić information content (AvgIpc) is 2.88. The van der Waals surface area contributed by atoms with Crippen molar-refractivity contribution in [3.8, 4) is 16.9 Å².